The van der Waals surface area contributed by atoms with Crippen molar-refractivity contribution < 1.29 is 19.2 Å². The molecule has 1 aromatic carbocycles. The first-order chi connectivity index (χ1) is 9.74. The summed E-state index contributed by atoms with van der Waals surface area (Å²) in [6.45, 7) is 5.65. The molecule has 0 fully saturated rings. The quantitative estimate of drug-likeness (QED) is 0.752. The van der Waals surface area contributed by atoms with Crippen LogP contribution in [-0.4, -0.2) is 33.8 Å². The van der Waals surface area contributed by atoms with E-state index in [1.54, 1.807) is 18.2 Å². The zero-order valence-corrected chi connectivity index (χ0v) is 13.8. The van der Waals surface area contributed by atoms with Crippen LogP contribution in [0.1, 0.15) is 32.8 Å². The number of carbonyl (C=O) groups is 1. The Morgan fingerprint density at radius 2 is 2.10 bits per heavy atom. The molecule has 0 spiro atoms. The fourth-order valence-corrected chi connectivity index (χ4v) is 2.34. The van der Waals surface area contributed by atoms with E-state index in [1.807, 2.05) is 20.8 Å². The molecule has 21 heavy (non-hydrogen) atoms. The van der Waals surface area contributed by atoms with Crippen LogP contribution in [0.25, 0.3) is 0 Å². The van der Waals surface area contributed by atoms with Gasteiger partial charge in [-0.15, -0.1) is 4.72 Å². The smallest absolute Gasteiger partial charge is 0.160 e. The summed E-state index contributed by atoms with van der Waals surface area (Å²) in [6, 6.07) is 5.01. The Morgan fingerprint density at radius 1 is 1.43 bits per heavy atom. The van der Waals surface area contributed by atoms with E-state index in [2.05, 4.69) is 4.72 Å². The second kappa shape index (κ2) is 7.68. The minimum Gasteiger partial charge on any atom is -0.598 e. The summed E-state index contributed by atoms with van der Waals surface area (Å²) in [6.07, 6.45) is 0.904. The fraction of sp³-hybridized carbons (Fsp3) is 0.533. The number of hydrogen-bond donors (Lipinski definition) is 2. The van der Waals surface area contributed by atoms with E-state index in [0.29, 0.717) is 18.6 Å². The van der Waals surface area contributed by atoms with Gasteiger partial charge in [0.15, 0.2) is 17.3 Å². The zero-order chi connectivity index (χ0) is 16.0. The summed E-state index contributed by atoms with van der Waals surface area (Å²) in [7, 11) is 1.48. The van der Waals surface area contributed by atoms with Gasteiger partial charge >= 0.3 is 0 Å². The molecule has 6 heteroatoms. The van der Waals surface area contributed by atoms with E-state index < -0.39 is 11.4 Å². The third-order valence-corrected chi connectivity index (χ3v) is 4.41. The third-order valence-electron chi connectivity index (χ3n) is 2.89. The van der Waals surface area contributed by atoms with Crippen molar-refractivity contribution in [3.63, 3.8) is 0 Å². The van der Waals surface area contributed by atoms with Crippen LogP contribution in [0, 0.1) is 0 Å². The standard InChI is InChI=1S/C15H23NO4S/c1-15(2,3)21(19)16-10-12(17)7-5-11-6-8-13(18)14(9-11)20-4/h6,8-9,16,18H,5,7,10H2,1-4H3. The van der Waals surface area contributed by atoms with Crippen LogP contribution in [0.4, 0.5) is 0 Å². The second-order valence-electron chi connectivity index (χ2n) is 5.75. The first-order valence-corrected chi connectivity index (χ1v) is 7.92. The molecule has 0 heterocycles. The number of phenols is 1. The van der Waals surface area contributed by atoms with Crippen LogP contribution < -0.4 is 9.46 Å². The van der Waals surface area contributed by atoms with Gasteiger partial charge in [-0.3, -0.25) is 4.79 Å². The Morgan fingerprint density at radius 3 is 2.67 bits per heavy atom. The lowest BCUT2D eigenvalue weighted by Gasteiger charge is -2.23. The number of aromatic hydroxyl groups is 1. The Labute approximate surface area is 129 Å². The number of carbonyl (C=O) groups excluding carboxylic acids is 1. The largest absolute Gasteiger partial charge is 0.598 e. The molecular weight excluding hydrogens is 290 g/mol. The average molecular weight is 313 g/mol. The number of hydrogen-bond acceptors (Lipinski definition) is 5. The molecule has 5 nitrogen and oxygen atoms in total. The molecule has 0 aliphatic rings. The number of rotatable bonds is 7. The number of nitrogens with one attached hydrogen (secondary N) is 1. The monoisotopic (exact) mass is 313 g/mol. The summed E-state index contributed by atoms with van der Waals surface area (Å²) >= 11 is -1.24. The molecule has 0 amide bonds. The number of Topliss-reactive ketones (excluding diaryl/α,β-unsaturated/α-hetero) is 1. The molecule has 1 aromatic rings. The molecule has 0 saturated heterocycles. The van der Waals surface area contributed by atoms with Crippen molar-refractivity contribution >= 4 is 17.1 Å². The average Bonchev–Trinajstić information content (AvgIpc) is 2.42. The Hall–Kier alpha value is -1.24. The lowest BCUT2D eigenvalue weighted by atomic mass is 10.1. The molecule has 0 radical (unpaired) electrons. The molecule has 2 N–H and O–H groups in total. The lowest BCUT2D eigenvalue weighted by Crippen LogP contribution is -2.41. The van der Waals surface area contributed by atoms with Gasteiger partial charge in [-0.2, -0.15) is 0 Å². The molecule has 118 valence electrons. The Bertz CT molecular complexity index is 485. The van der Waals surface area contributed by atoms with Gasteiger partial charge in [0, 0.05) is 17.8 Å². The summed E-state index contributed by atoms with van der Waals surface area (Å²) < 4.78 is 19.2. The van der Waals surface area contributed by atoms with Crippen LogP contribution in [0.2, 0.25) is 0 Å². The maximum absolute atomic E-state index is 11.8. The SMILES string of the molecule is COc1cc(CCC(=O)CN[S+]([O-])C(C)(C)C)ccc1O. The summed E-state index contributed by atoms with van der Waals surface area (Å²) in [5, 5.41) is 9.50. The van der Waals surface area contributed by atoms with E-state index in [-0.39, 0.29) is 22.8 Å². The maximum atomic E-state index is 11.8. The highest BCUT2D eigenvalue weighted by Crippen LogP contribution is 2.26. The van der Waals surface area contributed by atoms with Gasteiger partial charge < -0.3 is 14.4 Å². The summed E-state index contributed by atoms with van der Waals surface area (Å²) in [5.41, 5.74) is 0.912. The van der Waals surface area contributed by atoms with Crippen LogP contribution >= 0.6 is 0 Å². The van der Waals surface area contributed by atoms with Crippen molar-refractivity contribution in [2.24, 2.45) is 0 Å². The molecule has 0 bridgehead atoms. The predicted molar refractivity (Wildman–Crippen MR) is 83.9 cm³/mol. The van der Waals surface area contributed by atoms with Gasteiger partial charge in [-0.05, 0) is 44.9 Å². The summed E-state index contributed by atoms with van der Waals surface area (Å²) in [5.74, 6) is 0.473. The van der Waals surface area contributed by atoms with Gasteiger partial charge in [0.2, 0.25) is 0 Å². The van der Waals surface area contributed by atoms with Gasteiger partial charge in [-0.25, -0.2) is 0 Å². The molecule has 1 atom stereocenters. The highest BCUT2D eigenvalue weighted by molar-refractivity contribution is 7.90. The molecule has 1 rings (SSSR count). The van der Waals surface area contributed by atoms with Gasteiger partial charge in [0.25, 0.3) is 0 Å². The predicted octanol–water partition coefficient (Wildman–Crippen LogP) is 1.95. The fourth-order valence-electron chi connectivity index (χ4n) is 1.61. The highest BCUT2D eigenvalue weighted by Gasteiger charge is 2.26. The number of ether oxygens (including phenoxy) is 1. The van der Waals surface area contributed by atoms with E-state index in [0.717, 1.165) is 5.56 Å². The van der Waals surface area contributed by atoms with E-state index in [4.69, 9.17) is 4.74 Å². The first kappa shape index (κ1) is 17.8. The number of ketones is 1. The van der Waals surface area contributed by atoms with Gasteiger partial charge in [0.1, 0.15) is 11.3 Å². The van der Waals surface area contributed by atoms with E-state index in [9.17, 15) is 14.5 Å². The molecule has 0 saturated carbocycles. The number of phenolic OH excluding ortho intramolecular Hbond substituents is 1. The van der Waals surface area contributed by atoms with Gasteiger partial charge in [0.05, 0.1) is 7.11 Å². The zero-order valence-electron chi connectivity index (χ0n) is 12.9. The minimum absolute atomic E-state index is 0.000332. The van der Waals surface area contributed by atoms with Crippen molar-refractivity contribution in [3.8, 4) is 11.5 Å². The molecule has 0 aromatic heterocycles. The van der Waals surface area contributed by atoms with E-state index in [1.165, 1.54) is 7.11 Å². The van der Waals surface area contributed by atoms with Crippen LogP contribution in [0.5, 0.6) is 11.5 Å². The normalized spacial score (nSPS) is 13.0. The molecular formula is C15H23NO4S. The molecule has 0 aliphatic carbocycles. The topological polar surface area (TPSA) is 81.6 Å². The Kier molecular flexibility index (Phi) is 6.51. The van der Waals surface area contributed by atoms with Crippen LogP contribution in [0.3, 0.4) is 0 Å². The van der Waals surface area contributed by atoms with E-state index >= 15 is 0 Å². The number of aryl methyl sites for hydroxylation is 1. The van der Waals surface area contributed by atoms with Crippen molar-refractivity contribution in [2.45, 2.75) is 38.4 Å². The molecule has 1 unspecified atom stereocenters. The maximum Gasteiger partial charge on any atom is 0.160 e. The lowest BCUT2D eigenvalue weighted by molar-refractivity contribution is -0.117. The first-order valence-electron chi connectivity index (χ1n) is 6.77. The second-order valence-corrected chi connectivity index (χ2v) is 7.80. The van der Waals surface area contributed by atoms with Crippen LogP contribution in [-0.2, 0) is 22.6 Å². The Balaban J connectivity index is 2.43. The van der Waals surface area contributed by atoms with Crippen molar-refractivity contribution in [2.75, 3.05) is 13.7 Å². The minimum atomic E-state index is -1.24. The molecule has 0 aliphatic heterocycles. The van der Waals surface area contributed by atoms with Crippen molar-refractivity contribution in [1.82, 2.24) is 4.72 Å². The summed E-state index contributed by atoms with van der Waals surface area (Å²) in [4.78, 5) is 11.8. The third kappa shape index (κ3) is 5.95. The van der Waals surface area contributed by atoms with Crippen LogP contribution in [0.15, 0.2) is 18.2 Å². The van der Waals surface area contributed by atoms with Gasteiger partial charge in [-0.1, -0.05) is 6.07 Å². The van der Waals surface area contributed by atoms with Crippen molar-refractivity contribution in [3.05, 3.63) is 23.8 Å². The number of methoxy groups -OCH3 is 1. The van der Waals surface area contributed by atoms with Crippen molar-refractivity contribution in [1.29, 1.82) is 0 Å². The highest BCUT2D eigenvalue weighted by atomic mass is 32.2. The number of benzene rings is 1.